The Morgan fingerprint density at radius 3 is 2.24 bits per heavy atom. The van der Waals surface area contributed by atoms with Crippen LogP contribution in [0.2, 0.25) is 0 Å². The number of carboxylic acid groups (broad SMARTS) is 1. The third-order valence-electron chi connectivity index (χ3n) is 3.33. The Labute approximate surface area is 143 Å². The van der Waals surface area contributed by atoms with Crippen LogP contribution in [0.1, 0.15) is 22.8 Å². The Morgan fingerprint density at radius 2 is 1.72 bits per heavy atom. The molecule has 0 radical (unpaired) electrons. The number of aliphatic carboxylic acids is 1. The number of benzene rings is 2. The Kier molecular flexibility index (Phi) is 5.62. The molecule has 25 heavy (non-hydrogen) atoms. The summed E-state index contributed by atoms with van der Waals surface area (Å²) >= 11 is 0. The monoisotopic (exact) mass is 341 g/mol. The lowest BCUT2D eigenvalue weighted by atomic mass is 10.1. The summed E-state index contributed by atoms with van der Waals surface area (Å²) in [6.07, 6.45) is 1.93. The van der Waals surface area contributed by atoms with Gasteiger partial charge in [-0.25, -0.2) is 4.79 Å². The second-order valence-electron chi connectivity index (χ2n) is 5.17. The third-order valence-corrected chi connectivity index (χ3v) is 3.33. The Hall–Kier alpha value is -3.48. The first-order valence-electron chi connectivity index (χ1n) is 7.33. The molecule has 1 unspecified atom stereocenters. The van der Waals surface area contributed by atoms with Gasteiger partial charge in [-0.15, -0.1) is 0 Å². The number of hydrogen-bond donors (Lipinski definition) is 1. The fourth-order valence-corrected chi connectivity index (χ4v) is 1.93. The number of carbonyl (C=O) groups is 2. The number of nitro groups is 1. The predicted molar refractivity (Wildman–Crippen MR) is 90.6 cm³/mol. The van der Waals surface area contributed by atoms with Gasteiger partial charge in [0.25, 0.3) is 5.69 Å². The van der Waals surface area contributed by atoms with Crippen LogP contribution in [-0.2, 0) is 4.79 Å². The molecule has 0 saturated carbocycles. The molecule has 1 N–H and O–H groups in total. The molecule has 0 aliphatic rings. The molecule has 0 bridgehead atoms. The normalized spacial score (nSPS) is 11.9. The minimum absolute atomic E-state index is 0.0188. The lowest BCUT2D eigenvalue weighted by Gasteiger charge is -2.10. The quantitative estimate of drug-likeness (QED) is 0.358. The van der Waals surface area contributed by atoms with E-state index in [-0.39, 0.29) is 11.5 Å². The van der Waals surface area contributed by atoms with Crippen molar-refractivity contribution >= 4 is 23.5 Å². The summed E-state index contributed by atoms with van der Waals surface area (Å²) in [7, 11) is 0. The molecule has 2 rings (SSSR count). The van der Waals surface area contributed by atoms with Crippen LogP contribution in [0.3, 0.4) is 0 Å². The highest BCUT2D eigenvalue weighted by molar-refractivity contribution is 6.06. The summed E-state index contributed by atoms with van der Waals surface area (Å²) in [4.78, 5) is 32.9. The van der Waals surface area contributed by atoms with E-state index in [1.165, 1.54) is 49.4 Å². The molecule has 0 amide bonds. The molecular formula is C18H15NO6. The number of carbonyl (C=O) groups excluding carboxylic acids is 1. The van der Waals surface area contributed by atoms with Crippen LogP contribution >= 0.6 is 0 Å². The van der Waals surface area contributed by atoms with Crippen LogP contribution in [0.15, 0.2) is 54.6 Å². The lowest BCUT2D eigenvalue weighted by molar-refractivity contribution is -0.384. The smallest absolute Gasteiger partial charge is 0.344 e. The van der Waals surface area contributed by atoms with E-state index >= 15 is 0 Å². The standard InChI is InChI=1S/C18H15NO6/c1-12(18(21)22)25-16-9-5-14(6-10-16)17(20)11-4-13-2-7-15(8-3-13)19(23)24/h2-12H,1H3,(H,21,22)/b11-4-. The summed E-state index contributed by atoms with van der Waals surface area (Å²) in [5.41, 5.74) is 1.05. The van der Waals surface area contributed by atoms with Crippen molar-refractivity contribution in [3.8, 4) is 5.75 Å². The molecule has 0 fully saturated rings. The number of nitro benzene ring substituents is 1. The number of carboxylic acids is 1. The van der Waals surface area contributed by atoms with Gasteiger partial charge in [-0.1, -0.05) is 6.08 Å². The summed E-state index contributed by atoms with van der Waals surface area (Å²) in [6, 6.07) is 11.9. The predicted octanol–water partition coefficient (Wildman–Crippen LogP) is 3.34. The number of non-ortho nitro benzene ring substituents is 1. The zero-order valence-electron chi connectivity index (χ0n) is 13.3. The molecule has 2 aromatic carbocycles. The van der Waals surface area contributed by atoms with Gasteiger partial charge in [0.1, 0.15) is 5.75 Å². The first kappa shape index (κ1) is 17.9. The summed E-state index contributed by atoms with van der Waals surface area (Å²) in [5, 5.41) is 19.4. The van der Waals surface area contributed by atoms with Gasteiger partial charge in [-0.05, 0) is 55.0 Å². The molecule has 7 nitrogen and oxygen atoms in total. The van der Waals surface area contributed by atoms with Crippen molar-refractivity contribution in [2.45, 2.75) is 13.0 Å². The fourth-order valence-electron chi connectivity index (χ4n) is 1.93. The van der Waals surface area contributed by atoms with E-state index in [0.717, 1.165) is 0 Å². The molecule has 7 heteroatoms. The highest BCUT2D eigenvalue weighted by Crippen LogP contribution is 2.16. The average molecular weight is 341 g/mol. The topological polar surface area (TPSA) is 107 Å². The highest BCUT2D eigenvalue weighted by atomic mass is 16.6. The fraction of sp³-hybridized carbons (Fsp3) is 0.111. The van der Waals surface area contributed by atoms with Gasteiger partial charge in [0, 0.05) is 17.7 Å². The van der Waals surface area contributed by atoms with Crippen LogP contribution in [0.25, 0.3) is 6.08 Å². The second-order valence-corrected chi connectivity index (χ2v) is 5.17. The van der Waals surface area contributed by atoms with E-state index < -0.39 is 17.0 Å². The van der Waals surface area contributed by atoms with Crippen molar-refractivity contribution in [2.24, 2.45) is 0 Å². The molecule has 128 valence electrons. The second kappa shape index (κ2) is 7.87. The number of nitrogens with zero attached hydrogens (tertiary/aromatic N) is 1. The van der Waals surface area contributed by atoms with E-state index in [4.69, 9.17) is 9.84 Å². The van der Waals surface area contributed by atoms with Crippen molar-refractivity contribution < 1.29 is 24.4 Å². The first-order chi connectivity index (χ1) is 11.9. The van der Waals surface area contributed by atoms with Crippen LogP contribution in [0.5, 0.6) is 5.75 Å². The molecule has 0 aliphatic heterocycles. The highest BCUT2D eigenvalue weighted by Gasteiger charge is 2.12. The van der Waals surface area contributed by atoms with Gasteiger partial charge in [0.05, 0.1) is 4.92 Å². The largest absolute Gasteiger partial charge is 0.479 e. The molecule has 0 saturated heterocycles. The number of rotatable bonds is 7. The Balaban J connectivity index is 2.02. The Bertz CT molecular complexity index is 808. The van der Waals surface area contributed by atoms with Crippen molar-refractivity contribution in [1.29, 1.82) is 0 Å². The maximum absolute atomic E-state index is 12.1. The molecular weight excluding hydrogens is 326 g/mol. The van der Waals surface area contributed by atoms with Gasteiger partial charge in [-0.3, -0.25) is 14.9 Å². The third kappa shape index (κ3) is 5.00. The summed E-state index contributed by atoms with van der Waals surface area (Å²) in [5.74, 6) is -0.979. The number of ketones is 1. The van der Waals surface area contributed by atoms with Crippen LogP contribution in [-0.4, -0.2) is 27.9 Å². The van der Waals surface area contributed by atoms with Gasteiger partial charge in [0.15, 0.2) is 11.9 Å². The van der Waals surface area contributed by atoms with E-state index in [2.05, 4.69) is 0 Å². The summed E-state index contributed by atoms with van der Waals surface area (Å²) in [6.45, 7) is 1.41. The maximum Gasteiger partial charge on any atom is 0.344 e. The molecule has 1 atom stereocenters. The van der Waals surface area contributed by atoms with E-state index in [9.17, 15) is 19.7 Å². The van der Waals surface area contributed by atoms with Crippen molar-refractivity contribution in [1.82, 2.24) is 0 Å². The number of allylic oxidation sites excluding steroid dienone is 1. The van der Waals surface area contributed by atoms with E-state index in [1.807, 2.05) is 0 Å². The average Bonchev–Trinajstić information content (AvgIpc) is 2.60. The Morgan fingerprint density at radius 1 is 1.12 bits per heavy atom. The minimum Gasteiger partial charge on any atom is -0.479 e. The van der Waals surface area contributed by atoms with Gasteiger partial charge >= 0.3 is 5.97 Å². The van der Waals surface area contributed by atoms with Crippen LogP contribution in [0.4, 0.5) is 5.69 Å². The summed E-state index contributed by atoms with van der Waals surface area (Å²) < 4.78 is 5.19. The first-order valence-corrected chi connectivity index (χ1v) is 7.33. The SMILES string of the molecule is CC(Oc1ccc(C(=O)/C=C\c2ccc([N+](=O)[O-])cc2)cc1)C(=O)O. The minimum atomic E-state index is -1.08. The van der Waals surface area contributed by atoms with Crippen molar-refractivity contribution in [3.63, 3.8) is 0 Å². The van der Waals surface area contributed by atoms with Crippen LogP contribution < -0.4 is 4.74 Å². The molecule has 0 spiro atoms. The number of hydrogen-bond acceptors (Lipinski definition) is 5. The molecule has 0 aliphatic carbocycles. The molecule has 2 aromatic rings. The molecule has 0 heterocycles. The van der Waals surface area contributed by atoms with E-state index in [1.54, 1.807) is 18.2 Å². The van der Waals surface area contributed by atoms with Crippen molar-refractivity contribution in [2.75, 3.05) is 0 Å². The number of ether oxygens (including phenoxy) is 1. The maximum atomic E-state index is 12.1. The van der Waals surface area contributed by atoms with E-state index in [0.29, 0.717) is 16.9 Å². The van der Waals surface area contributed by atoms with Crippen molar-refractivity contribution in [3.05, 3.63) is 75.8 Å². The lowest BCUT2D eigenvalue weighted by Crippen LogP contribution is -2.22. The van der Waals surface area contributed by atoms with Gasteiger partial charge in [0.2, 0.25) is 0 Å². The molecule has 0 aromatic heterocycles. The van der Waals surface area contributed by atoms with Gasteiger partial charge in [-0.2, -0.15) is 0 Å². The van der Waals surface area contributed by atoms with Crippen LogP contribution in [0, 0.1) is 10.1 Å². The zero-order chi connectivity index (χ0) is 18.4. The van der Waals surface area contributed by atoms with Gasteiger partial charge < -0.3 is 9.84 Å². The zero-order valence-corrected chi connectivity index (χ0v) is 13.3.